The van der Waals surface area contributed by atoms with Gasteiger partial charge in [0, 0.05) is 67.0 Å². The van der Waals surface area contributed by atoms with E-state index in [1.807, 2.05) is 0 Å². The van der Waals surface area contributed by atoms with Crippen molar-refractivity contribution in [3.63, 3.8) is 0 Å². The van der Waals surface area contributed by atoms with E-state index in [4.69, 9.17) is 9.47 Å². The number of benzene rings is 11. The second-order valence-electron chi connectivity index (χ2n) is 21.0. The third-order valence-electron chi connectivity index (χ3n) is 17.6. The summed E-state index contributed by atoms with van der Waals surface area (Å²) < 4.78 is 18.8. The van der Waals surface area contributed by atoms with E-state index in [1.165, 1.54) is 116 Å². The van der Waals surface area contributed by atoms with Gasteiger partial charge >= 0.3 is 0 Å². The first-order valence-electron chi connectivity index (χ1n) is 26.1. The smallest absolute Gasteiger partial charge is 0.256 e. The molecule has 0 aliphatic carbocycles. The average Bonchev–Trinajstić information content (AvgIpc) is 4.15. The maximum absolute atomic E-state index is 6.95. The van der Waals surface area contributed by atoms with Gasteiger partial charge in [-0.2, -0.15) is 0 Å². The van der Waals surface area contributed by atoms with Gasteiger partial charge in [-0.25, -0.2) is 0 Å². The lowest BCUT2D eigenvalue weighted by Crippen LogP contribution is -2.72. The Hall–Kier alpha value is -9.59. The minimum absolute atomic E-state index is 0.0732. The van der Waals surface area contributed by atoms with Crippen LogP contribution in [0.4, 0.5) is 34.1 Å². The van der Waals surface area contributed by atoms with E-state index in [0.29, 0.717) is 0 Å². The second kappa shape index (κ2) is 13.7. The monoisotopic (exact) mass is 950 g/mol. The first kappa shape index (κ1) is 39.0. The summed E-state index contributed by atoms with van der Waals surface area (Å²) in [5.41, 5.74) is 25.5. The summed E-state index contributed by atoms with van der Waals surface area (Å²) in [6.07, 6.45) is 0. The molecule has 0 bridgehead atoms. The Kier molecular flexibility index (Phi) is 7.14. The lowest BCUT2D eigenvalue weighted by atomic mass is 9.26. The van der Waals surface area contributed by atoms with E-state index in [1.54, 1.807) is 0 Å². The Bertz CT molecular complexity index is 4400. The van der Waals surface area contributed by atoms with Crippen LogP contribution >= 0.6 is 0 Å². The predicted octanol–water partition coefficient (Wildman–Crippen LogP) is 9.83. The number of nitrogens with zero attached hydrogens (tertiary/aromatic N) is 4. The number of hydrogen-bond acceptors (Lipinski definition) is 4. The van der Waals surface area contributed by atoms with Crippen molar-refractivity contribution in [2.45, 2.75) is 0 Å². The van der Waals surface area contributed by atoms with Gasteiger partial charge in [0.1, 0.15) is 23.0 Å². The molecule has 0 fully saturated rings. The van der Waals surface area contributed by atoms with Crippen LogP contribution in [0, 0.1) is 0 Å². The number of anilines is 6. The molecule has 19 rings (SSSR count). The molecule has 342 valence electrons. The van der Waals surface area contributed by atoms with Crippen molar-refractivity contribution >= 4 is 147 Å². The van der Waals surface area contributed by atoms with Gasteiger partial charge in [-0.05, 0) is 134 Å². The summed E-state index contributed by atoms with van der Waals surface area (Å²) in [4.78, 5) is 5.25. The van der Waals surface area contributed by atoms with Gasteiger partial charge < -0.3 is 28.4 Å². The summed E-state index contributed by atoms with van der Waals surface area (Å²) in [5, 5.41) is 4.99. The number of aromatic nitrogens is 2. The van der Waals surface area contributed by atoms with E-state index in [9.17, 15) is 0 Å². The molecule has 0 spiro atoms. The minimum atomic E-state index is -0.106. The molecule has 0 atom stereocenters. The van der Waals surface area contributed by atoms with Gasteiger partial charge in [0.2, 0.25) is 0 Å². The molecule has 6 nitrogen and oxygen atoms in total. The molecule has 11 aromatic carbocycles. The Morgan fingerprint density at radius 1 is 0.267 bits per heavy atom. The van der Waals surface area contributed by atoms with Crippen molar-refractivity contribution in [1.29, 1.82) is 0 Å². The molecular formula is C66H37B3N4O2. The number of para-hydroxylation sites is 6. The number of fused-ring (bicyclic) bond motifs is 20. The molecule has 0 unspecified atom stereocenters. The number of hydrogen-bond donors (Lipinski definition) is 0. The molecular weight excluding hydrogens is 913 g/mol. The highest BCUT2D eigenvalue weighted by Crippen LogP contribution is 2.49. The fourth-order valence-electron chi connectivity index (χ4n) is 14.8. The van der Waals surface area contributed by atoms with E-state index in [-0.39, 0.29) is 20.1 Å². The summed E-state index contributed by atoms with van der Waals surface area (Å²) in [5.74, 6) is 3.64. The van der Waals surface area contributed by atoms with Crippen LogP contribution in [0.25, 0.3) is 55.0 Å². The van der Waals surface area contributed by atoms with Crippen LogP contribution in [-0.2, 0) is 0 Å². The quantitative estimate of drug-likeness (QED) is 0.162. The average molecular weight is 950 g/mol. The topological polar surface area (TPSA) is 34.8 Å². The summed E-state index contributed by atoms with van der Waals surface area (Å²) in [6, 6.07) is 83.4. The Morgan fingerprint density at radius 2 is 0.640 bits per heavy atom. The molecule has 0 N–H and O–H groups in total. The molecule has 0 saturated heterocycles. The lowest BCUT2D eigenvalue weighted by molar-refractivity contribution is 0.487. The lowest BCUT2D eigenvalue weighted by Gasteiger charge is -2.51. The Balaban J connectivity index is 0.968. The zero-order chi connectivity index (χ0) is 48.4. The van der Waals surface area contributed by atoms with Crippen LogP contribution in [0.5, 0.6) is 23.0 Å². The molecule has 75 heavy (non-hydrogen) atoms. The minimum Gasteiger partial charge on any atom is -0.458 e. The summed E-state index contributed by atoms with van der Waals surface area (Å²) in [6.45, 7) is -0.253. The first-order chi connectivity index (χ1) is 37.2. The van der Waals surface area contributed by atoms with Gasteiger partial charge in [0.05, 0.1) is 22.1 Å². The summed E-state index contributed by atoms with van der Waals surface area (Å²) >= 11 is 0. The zero-order valence-corrected chi connectivity index (χ0v) is 40.2. The third-order valence-corrected chi connectivity index (χ3v) is 17.6. The van der Waals surface area contributed by atoms with Crippen molar-refractivity contribution in [2.24, 2.45) is 0 Å². The SMILES string of the molecule is c1ccc2c(c1)Oc1cccc3c1B2c1cc2c4c5c1N3c1cc(-n3c6ccccc6c6ccccc63)ccc1B5c1ccc(-n3c5ccccc5c5ccccc53)cc1N4c1cccc3c1B2c1ccccc1O3. The van der Waals surface area contributed by atoms with E-state index < -0.39 is 0 Å². The molecule has 0 amide bonds. The second-order valence-corrected chi connectivity index (χ2v) is 21.0. The van der Waals surface area contributed by atoms with Crippen molar-refractivity contribution in [1.82, 2.24) is 9.13 Å². The highest BCUT2D eigenvalue weighted by molar-refractivity contribution is 7.07. The highest BCUT2D eigenvalue weighted by atomic mass is 16.5. The molecule has 6 aliphatic rings. The highest BCUT2D eigenvalue weighted by Gasteiger charge is 2.54. The van der Waals surface area contributed by atoms with E-state index >= 15 is 0 Å². The van der Waals surface area contributed by atoms with Crippen molar-refractivity contribution in [3.05, 3.63) is 224 Å². The van der Waals surface area contributed by atoms with E-state index in [2.05, 4.69) is 243 Å². The molecule has 0 radical (unpaired) electrons. The van der Waals surface area contributed by atoms with Gasteiger partial charge in [0.15, 0.2) is 0 Å². The number of rotatable bonds is 2. The van der Waals surface area contributed by atoms with Crippen LogP contribution in [0.2, 0.25) is 0 Å². The van der Waals surface area contributed by atoms with Gasteiger partial charge in [-0.3, -0.25) is 0 Å². The fraction of sp³-hybridized carbons (Fsp3) is 0. The first-order valence-corrected chi connectivity index (χ1v) is 26.1. The maximum Gasteiger partial charge on any atom is 0.256 e. The van der Waals surface area contributed by atoms with Crippen LogP contribution in [-0.4, -0.2) is 29.3 Å². The van der Waals surface area contributed by atoms with Gasteiger partial charge in [0.25, 0.3) is 20.1 Å². The molecule has 2 aromatic heterocycles. The zero-order valence-electron chi connectivity index (χ0n) is 40.2. The van der Waals surface area contributed by atoms with Crippen molar-refractivity contribution in [3.8, 4) is 34.4 Å². The fourth-order valence-corrected chi connectivity index (χ4v) is 14.8. The molecule has 6 aliphatic heterocycles. The third kappa shape index (κ3) is 4.73. The Morgan fingerprint density at radius 3 is 1.08 bits per heavy atom. The largest absolute Gasteiger partial charge is 0.458 e. The van der Waals surface area contributed by atoms with E-state index in [0.717, 1.165) is 45.7 Å². The van der Waals surface area contributed by atoms with Crippen molar-refractivity contribution < 1.29 is 9.47 Å². The van der Waals surface area contributed by atoms with Crippen LogP contribution in [0.3, 0.4) is 0 Å². The Labute approximate surface area is 432 Å². The van der Waals surface area contributed by atoms with Gasteiger partial charge in [-0.15, -0.1) is 0 Å². The molecule has 13 aromatic rings. The van der Waals surface area contributed by atoms with Gasteiger partial charge in [-0.1, -0.05) is 140 Å². The standard InChI is InChI=1S/C66H37B3N4O2/c1-7-21-50-40(15-1)41-16-2-8-22-51(41)70(50)38-31-33-44-56(35-38)72-54-25-13-29-60-62(54)68(46-19-5-11-27-58(46)74-60)48-37-49-66-64(65(48)72)67(44)45-34-32-39(71-52-23-9-3-17-42(52)43-18-4-10-24-53(43)71)36-57(45)73(66)55-26-14-30-61-63(55)69(49)47-20-6-12-28-59(47)75-61/h1-37H. The normalized spacial score (nSPS) is 14.2. The molecule has 9 heteroatoms. The van der Waals surface area contributed by atoms with Crippen LogP contribution in [0.1, 0.15) is 0 Å². The maximum atomic E-state index is 6.95. The van der Waals surface area contributed by atoms with Crippen LogP contribution in [0.15, 0.2) is 224 Å². The molecule has 0 saturated carbocycles. The number of ether oxygens (including phenoxy) is 2. The summed E-state index contributed by atoms with van der Waals surface area (Å²) in [7, 11) is 0. The molecule has 8 heterocycles. The van der Waals surface area contributed by atoms with Crippen LogP contribution < -0.4 is 68.4 Å². The predicted molar refractivity (Wildman–Crippen MR) is 311 cm³/mol. The van der Waals surface area contributed by atoms with Crippen molar-refractivity contribution in [2.75, 3.05) is 9.80 Å².